The molecule has 2 rings (SSSR count). The molecule has 25 heavy (non-hydrogen) atoms. The molecule has 0 bridgehead atoms. The molecule has 0 aliphatic carbocycles. The Bertz CT molecular complexity index is 645. The van der Waals surface area contributed by atoms with Crippen molar-refractivity contribution in [2.75, 3.05) is 19.7 Å². The van der Waals surface area contributed by atoms with Crippen molar-refractivity contribution in [3.63, 3.8) is 0 Å². The van der Waals surface area contributed by atoms with E-state index in [0.717, 1.165) is 11.1 Å². The van der Waals surface area contributed by atoms with Gasteiger partial charge in [-0.3, -0.25) is 4.98 Å². The maximum Gasteiger partial charge on any atom is 0.410 e. The molecule has 5 nitrogen and oxygen atoms in total. The molecule has 138 valence electrons. The summed E-state index contributed by atoms with van der Waals surface area (Å²) in [6.07, 6.45) is 4.97. The van der Waals surface area contributed by atoms with Gasteiger partial charge in [-0.05, 0) is 44.9 Å². The van der Waals surface area contributed by atoms with Gasteiger partial charge in [0.15, 0.2) is 5.67 Å². The Kier molecular flexibility index (Phi) is 5.83. The lowest BCUT2D eigenvalue weighted by Crippen LogP contribution is -2.45. The largest absolute Gasteiger partial charge is 0.444 e. The molecule has 1 aliphatic heterocycles. The molecule has 0 spiro atoms. The molecule has 1 aliphatic rings. The molecule has 0 radical (unpaired) electrons. The van der Waals surface area contributed by atoms with Crippen LogP contribution in [0.2, 0.25) is 0 Å². The summed E-state index contributed by atoms with van der Waals surface area (Å²) in [5, 5.41) is 8.83. The number of aliphatic hydroxyl groups is 1. The zero-order chi connectivity index (χ0) is 18.7. The number of alkyl halides is 1. The standard InChI is InChI=1S/C19H27FN2O3/c1-14-12-15(6-5-11-23)13-21-16(14)19(20)7-9-22(10-8-19)17(24)25-18(2,3)4/h5-6,12-13,23H,7-11H2,1-4H3/b6-5+. The van der Waals surface area contributed by atoms with Crippen molar-refractivity contribution in [3.05, 3.63) is 35.2 Å². The number of hydrogen-bond donors (Lipinski definition) is 1. The van der Waals surface area contributed by atoms with E-state index in [0.29, 0.717) is 18.8 Å². The molecule has 1 fully saturated rings. The average molecular weight is 350 g/mol. The fourth-order valence-corrected chi connectivity index (χ4v) is 2.95. The smallest absolute Gasteiger partial charge is 0.410 e. The van der Waals surface area contributed by atoms with Gasteiger partial charge in [0.2, 0.25) is 0 Å². The zero-order valence-corrected chi connectivity index (χ0v) is 15.4. The van der Waals surface area contributed by atoms with Crippen molar-refractivity contribution >= 4 is 12.2 Å². The fourth-order valence-electron chi connectivity index (χ4n) is 2.95. The number of piperidine rings is 1. The third-order valence-corrected chi connectivity index (χ3v) is 4.15. The Hall–Kier alpha value is -1.95. The van der Waals surface area contributed by atoms with E-state index in [4.69, 9.17) is 9.84 Å². The molecular weight excluding hydrogens is 323 g/mol. The third kappa shape index (κ3) is 5.01. The van der Waals surface area contributed by atoms with Crippen LogP contribution >= 0.6 is 0 Å². The van der Waals surface area contributed by atoms with Gasteiger partial charge in [-0.2, -0.15) is 0 Å². The average Bonchev–Trinajstić information content (AvgIpc) is 2.51. The van der Waals surface area contributed by atoms with E-state index in [1.165, 1.54) is 0 Å². The fraction of sp³-hybridized carbons (Fsp3) is 0.579. The van der Waals surface area contributed by atoms with Gasteiger partial charge < -0.3 is 14.7 Å². The van der Waals surface area contributed by atoms with Crippen molar-refractivity contribution < 1.29 is 19.0 Å². The number of aryl methyl sites for hydroxylation is 1. The first-order chi connectivity index (χ1) is 11.6. The molecule has 1 aromatic heterocycles. The number of carbonyl (C=O) groups excluding carboxylic acids is 1. The number of pyridine rings is 1. The number of likely N-dealkylation sites (tertiary alicyclic amines) is 1. The van der Waals surface area contributed by atoms with Crippen LogP contribution in [-0.4, -0.2) is 46.4 Å². The highest BCUT2D eigenvalue weighted by Crippen LogP contribution is 2.38. The highest BCUT2D eigenvalue weighted by Gasteiger charge is 2.40. The second-order valence-corrected chi connectivity index (χ2v) is 7.45. The highest BCUT2D eigenvalue weighted by molar-refractivity contribution is 5.68. The van der Waals surface area contributed by atoms with E-state index >= 15 is 4.39 Å². The first-order valence-electron chi connectivity index (χ1n) is 8.56. The first kappa shape index (κ1) is 19.4. The quantitative estimate of drug-likeness (QED) is 0.905. The van der Waals surface area contributed by atoms with E-state index in [9.17, 15) is 4.79 Å². The Morgan fingerprint density at radius 2 is 2.08 bits per heavy atom. The molecule has 6 heteroatoms. The van der Waals surface area contributed by atoms with Crippen LogP contribution in [0.5, 0.6) is 0 Å². The van der Waals surface area contributed by atoms with Gasteiger partial charge in [-0.25, -0.2) is 9.18 Å². The normalized spacial score (nSPS) is 17.8. The van der Waals surface area contributed by atoms with E-state index < -0.39 is 17.4 Å². The Morgan fingerprint density at radius 3 is 2.60 bits per heavy atom. The summed E-state index contributed by atoms with van der Waals surface area (Å²) in [5.41, 5.74) is -0.0740. The summed E-state index contributed by atoms with van der Waals surface area (Å²) in [7, 11) is 0. The monoisotopic (exact) mass is 350 g/mol. The SMILES string of the molecule is Cc1cc(/C=C/CO)cnc1C1(F)CCN(C(=O)OC(C)(C)C)CC1. The third-order valence-electron chi connectivity index (χ3n) is 4.15. The lowest BCUT2D eigenvalue weighted by Gasteiger charge is -2.37. The van der Waals surface area contributed by atoms with Crippen LogP contribution in [0, 0.1) is 6.92 Å². The second-order valence-electron chi connectivity index (χ2n) is 7.45. The molecule has 2 heterocycles. The molecule has 0 saturated carbocycles. The predicted molar refractivity (Wildman–Crippen MR) is 94.9 cm³/mol. The van der Waals surface area contributed by atoms with E-state index in [-0.39, 0.29) is 19.4 Å². The van der Waals surface area contributed by atoms with Crippen LogP contribution in [-0.2, 0) is 10.4 Å². The molecule has 0 atom stereocenters. The lowest BCUT2D eigenvalue weighted by molar-refractivity contribution is 0.00113. The second kappa shape index (κ2) is 7.52. The van der Waals surface area contributed by atoms with Gasteiger partial charge in [0, 0.05) is 32.1 Å². The Balaban J connectivity index is 2.07. The molecule has 1 N–H and O–H groups in total. The summed E-state index contributed by atoms with van der Waals surface area (Å²) in [4.78, 5) is 18.0. The van der Waals surface area contributed by atoms with E-state index in [2.05, 4.69) is 4.98 Å². The molecule has 1 saturated heterocycles. The number of carbonyl (C=O) groups is 1. The van der Waals surface area contributed by atoms with Gasteiger partial charge >= 0.3 is 6.09 Å². The number of rotatable bonds is 3. The van der Waals surface area contributed by atoms with Crippen molar-refractivity contribution in [3.8, 4) is 0 Å². The van der Waals surface area contributed by atoms with Crippen molar-refractivity contribution in [1.29, 1.82) is 0 Å². The number of halogens is 1. The van der Waals surface area contributed by atoms with Gasteiger partial charge in [-0.1, -0.05) is 12.2 Å². The summed E-state index contributed by atoms with van der Waals surface area (Å²) in [6, 6.07) is 1.86. The van der Waals surface area contributed by atoms with Crippen LogP contribution in [0.1, 0.15) is 50.4 Å². The van der Waals surface area contributed by atoms with Gasteiger partial charge in [-0.15, -0.1) is 0 Å². The van der Waals surface area contributed by atoms with Crippen molar-refractivity contribution in [1.82, 2.24) is 9.88 Å². The number of aliphatic hydroxyl groups excluding tert-OH is 1. The summed E-state index contributed by atoms with van der Waals surface area (Å²) >= 11 is 0. The summed E-state index contributed by atoms with van der Waals surface area (Å²) in [6.45, 7) is 7.84. The highest BCUT2D eigenvalue weighted by atomic mass is 19.1. The minimum atomic E-state index is -1.54. The predicted octanol–water partition coefficient (Wildman–Crippen LogP) is 3.59. The number of hydrogen-bond acceptors (Lipinski definition) is 4. The Morgan fingerprint density at radius 1 is 1.44 bits per heavy atom. The molecule has 0 unspecified atom stereocenters. The first-order valence-corrected chi connectivity index (χ1v) is 8.56. The van der Waals surface area contributed by atoms with E-state index in [1.807, 2.05) is 33.8 Å². The number of amides is 1. The van der Waals surface area contributed by atoms with Crippen LogP contribution in [0.25, 0.3) is 6.08 Å². The van der Waals surface area contributed by atoms with Crippen molar-refractivity contribution in [2.45, 2.75) is 51.8 Å². The minimum absolute atomic E-state index is 0.0473. The van der Waals surface area contributed by atoms with E-state index in [1.54, 1.807) is 23.2 Å². The summed E-state index contributed by atoms with van der Waals surface area (Å²) in [5.74, 6) is 0. The van der Waals surface area contributed by atoms with Crippen LogP contribution in [0.15, 0.2) is 18.3 Å². The van der Waals surface area contributed by atoms with Gasteiger partial charge in [0.05, 0.1) is 12.3 Å². The lowest BCUT2D eigenvalue weighted by atomic mass is 9.87. The van der Waals surface area contributed by atoms with Crippen molar-refractivity contribution in [2.24, 2.45) is 0 Å². The zero-order valence-electron chi connectivity index (χ0n) is 15.4. The number of ether oxygens (including phenoxy) is 1. The van der Waals surface area contributed by atoms with Gasteiger partial charge in [0.25, 0.3) is 0 Å². The Labute approximate surface area is 148 Å². The number of nitrogens with zero attached hydrogens (tertiary/aromatic N) is 2. The minimum Gasteiger partial charge on any atom is -0.444 e. The molecule has 1 amide bonds. The van der Waals surface area contributed by atoms with Crippen LogP contribution < -0.4 is 0 Å². The topological polar surface area (TPSA) is 62.7 Å². The maximum absolute atomic E-state index is 15.4. The maximum atomic E-state index is 15.4. The number of aromatic nitrogens is 1. The molecule has 1 aromatic rings. The molecular formula is C19H27FN2O3. The molecule has 0 aromatic carbocycles. The van der Waals surface area contributed by atoms with Crippen LogP contribution in [0.4, 0.5) is 9.18 Å². The van der Waals surface area contributed by atoms with Gasteiger partial charge in [0.1, 0.15) is 5.60 Å². The summed E-state index contributed by atoms with van der Waals surface area (Å²) < 4.78 is 20.8. The van der Waals surface area contributed by atoms with Crippen LogP contribution in [0.3, 0.4) is 0 Å².